The lowest BCUT2D eigenvalue weighted by molar-refractivity contribution is 0.328. The minimum Gasteiger partial charge on any atom is -0.492 e. The molecule has 2 nitrogen and oxygen atoms in total. The zero-order valence-electron chi connectivity index (χ0n) is 9.35. The normalized spacial score (nSPS) is 9.47. The molecule has 0 aliphatic heterocycles. The van der Waals surface area contributed by atoms with Gasteiger partial charge < -0.3 is 10.5 Å². The second-order valence-corrected chi connectivity index (χ2v) is 4.34. The molecule has 1 heterocycles. The van der Waals surface area contributed by atoms with Crippen molar-refractivity contribution in [1.29, 1.82) is 0 Å². The Morgan fingerprint density at radius 2 is 2.12 bits per heavy atom. The monoisotopic (exact) mass is 243 g/mol. The highest BCUT2D eigenvalue weighted by Crippen LogP contribution is 2.13. The number of hydrogen-bond acceptors (Lipinski definition) is 3. The SMILES string of the molecule is NCCOc1cccc(C#Cc2cccs2)c1. The van der Waals surface area contributed by atoms with Crippen molar-refractivity contribution in [3.8, 4) is 17.6 Å². The first kappa shape index (κ1) is 11.7. The van der Waals surface area contributed by atoms with Crippen LogP contribution >= 0.6 is 11.3 Å². The third-order valence-electron chi connectivity index (χ3n) is 2.07. The fourth-order valence-corrected chi connectivity index (χ4v) is 1.89. The molecule has 0 saturated heterocycles. The first-order valence-electron chi connectivity index (χ1n) is 5.37. The molecule has 0 aliphatic rings. The Morgan fingerprint density at radius 1 is 1.18 bits per heavy atom. The molecule has 0 aliphatic carbocycles. The molecular weight excluding hydrogens is 230 g/mol. The van der Waals surface area contributed by atoms with Crippen LogP contribution in [0.1, 0.15) is 10.4 Å². The van der Waals surface area contributed by atoms with E-state index in [1.54, 1.807) is 11.3 Å². The van der Waals surface area contributed by atoms with Gasteiger partial charge in [-0.05, 0) is 29.6 Å². The molecule has 2 N–H and O–H groups in total. The van der Waals surface area contributed by atoms with Crippen LogP contribution < -0.4 is 10.5 Å². The van der Waals surface area contributed by atoms with Crippen LogP contribution in [0.15, 0.2) is 41.8 Å². The predicted molar refractivity (Wildman–Crippen MR) is 71.3 cm³/mol. The van der Waals surface area contributed by atoms with Gasteiger partial charge in [-0.15, -0.1) is 11.3 Å². The van der Waals surface area contributed by atoms with Crippen LogP contribution in [-0.2, 0) is 0 Å². The molecule has 1 aromatic carbocycles. The second kappa shape index (κ2) is 6.09. The summed E-state index contributed by atoms with van der Waals surface area (Å²) in [4.78, 5) is 1.07. The third-order valence-corrected chi connectivity index (χ3v) is 2.86. The largest absolute Gasteiger partial charge is 0.492 e. The van der Waals surface area contributed by atoms with E-state index in [0.717, 1.165) is 16.2 Å². The average Bonchev–Trinajstić information content (AvgIpc) is 2.87. The van der Waals surface area contributed by atoms with Crippen molar-refractivity contribution < 1.29 is 4.74 Å². The molecule has 0 atom stereocenters. The molecule has 0 amide bonds. The van der Waals surface area contributed by atoms with E-state index in [0.29, 0.717) is 13.2 Å². The van der Waals surface area contributed by atoms with E-state index in [1.165, 1.54) is 0 Å². The second-order valence-electron chi connectivity index (χ2n) is 3.39. The van der Waals surface area contributed by atoms with Crippen molar-refractivity contribution >= 4 is 11.3 Å². The number of nitrogens with two attached hydrogens (primary N) is 1. The number of ether oxygens (including phenoxy) is 1. The maximum atomic E-state index is 5.44. The minimum atomic E-state index is 0.519. The van der Waals surface area contributed by atoms with Gasteiger partial charge in [0.15, 0.2) is 0 Å². The summed E-state index contributed by atoms with van der Waals surface area (Å²) >= 11 is 1.64. The van der Waals surface area contributed by atoms with Gasteiger partial charge in [0.2, 0.25) is 0 Å². The molecule has 0 spiro atoms. The summed E-state index contributed by atoms with van der Waals surface area (Å²) in [6.07, 6.45) is 0. The summed E-state index contributed by atoms with van der Waals surface area (Å²) in [5.41, 5.74) is 6.34. The van der Waals surface area contributed by atoms with Crippen LogP contribution in [0.25, 0.3) is 0 Å². The summed E-state index contributed by atoms with van der Waals surface area (Å²) in [7, 11) is 0. The molecule has 0 radical (unpaired) electrons. The fraction of sp³-hybridized carbons (Fsp3) is 0.143. The van der Waals surface area contributed by atoms with Gasteiger partial charge in [-0.3, -0.25) is 0 Å². The number of benzene rings is 1. The van der Waals surface area contributed by atoms with Crippen molar-refractivity contribution in [2.75, 3.05) is 13.2 Å². The zero-order valence-corrected chi connectivity index (χ0v) is 10.2. The van der Waals surface area contributed by atoms with Gasteiger partial charge in [0, 0.05) is 12.1 Å². The molecule has 0 fully saturated rings. The van der Waals surface area contributed by atoms with Crippen LogP contribution in [-0.4, -0.2) is 13.2 Å². The van der Waals surface area contributed by atoms with E-state index in [4.69, 9.17) is 10.5 Å². The van der Waals surface area contributed by atoms with Crippen molar-refractivity contribution in [1.82, 2.24) is 0 Å². The Balaban J connectivity index is 2.11. The number of thiophene rings is 1. The van der Waals surface area contributed by atoms with Crippen LogP contribution in [0.3, 0.4) is 0 Å². The van der Waals surface area contributed by atoms with E-state index < -0.39 is 0 Å². The van der Waals surface area contributed by atoms with E-state index in [9.17, 15) is 0 Å². The predicted octanol–water partition coefficient (Wildman–Crippen LogP) is 2.49. The molecule has 0 saturated carbocycles. The van der Waals surface area contributed by atoms with Crippen molar-refractivity contribution in [2.45, 2.75) is 0 Å². The van der Waals surface area contributed by atoms with Gasteiger partial charge in [0.1, 0.15) is 12.4 Å². The van der Waals surface area contributed by atoms with Crippen LogP contribution in [0.5, 0.6) is 5.75 Å². The van der Waals surface area contributed by atoms with Crippen LogP contribution in [0.2, 0.25) is 0 Å². The minimum absolute atomic E-state index is 0.519. The van der Waals surface area contributed by atoms with Crippen molar-refractivity contribution in [2.24, 2.45) is 5.73 Å². The molecule has 2 rings (SSSR count). The van der Waals surface area contributed by atoms with Crippen molar-refractivity contribution in [3.05, 3.63) is 52.2 Å². The standard InChI is InChI=1S/C14H13NOS/c15-8-9-16-13-4-1-3-12(11-13)6-7-14-5-2-10-17-14/h1-5,10-11H,8-9,15H2. The van der Waals surface area contributed by atoms with Crippen LogP contribution in [0.4, 0.5) is 0 Å². The summed E-state index contributed by atoms with van der Waals surface area (Å²) in [6, 6.07) is 11.7. The van der Waals surface area contributed by atoms with Crippen LogP contribution in [0, 0.1) is 11.8 Å². The Labute approximate surface area is 105 Å². The lowest BCUT2D eigenvalue weighted by Crippen LogP contribution is -2.10. The van der Waals surface area contributed by atoms with Gasteiger partial charge in [-0.25, -0.2) is 0 Å². The fourth-order valence-electron chi connectivity index (χ4n) is 1.32. The topological polar surface area (TPSA) is 35.2 Å². The molecule has 2 aromatic rings. The molecule has 0 unspecified atom stereocenters. The highest BCUT2D eigenvalue weighted by atomic mass is 32.1. The van der Waals surface area contributed by atoms with E-state index in [2.05, 4.69) is 11.8 Å². The molecule has 17 heavy (non-hydrogen) atoms. The Bertz CT molecular complexity index is 523. The van der Waals surface area contributed by atoms with Gasteiger partial charge >= 0.3 is 0 Å². The summed E-state index contributed by atoms with van der Waals surface area (Å²) < 4.78 is 5.44. The van der Waals surface area contributed by atoms with Gasteiger partial charge in [0.25, 0.3) is 0 Å². The first-order chi connectivity index (χ1) is 8.38. The van der Waals surface area contributed by atoms with E-state index >= 15 is 0 Å². The van der Waals surface area contributed by atoms with E-state index in [-0.39, 0.29) is 0 Å². The molecule has 86 valence electrons. The first-order valence-corrected chi connectivity index (χ1v) is 6.25. The Kier molecular flexibility index (Phi) is 4.20. The maximum absolute atomic E-state index is 5.44. The zero-order chi connectivity index (χ0) is 11.9. The highest BCUT2D eigenvalue weighted by Gasteiger charge is 1.94. The van der Waals surface area contributed by atoms with Gasteiger partial charge in [-0.1, -0.05) is 24.0 Å². The smallest absolute Gasteiger partial charge is 0.120 e. The third kappa shape index (κ3) is 3.63. The van der Waals surface area contributed by atoms with Gasteiger partial charge in [-0.2, -0.15) is 0 Å². The average molecular weight is 243 g/mol. The Hall–Kier alpha value is -1.76. The quantitative estimate of drug-likeness (QED) is 0.841. The number of hydrogen-bond donors (Lipinski definition) is 1. The molecular formula is C14H13NOS. The highest BCUT2D eigenvalue weighted by molar-refractivity contribution is 7.10. The number of rotatable bonds is 3. The molecule has 1 aromatic heterocycles. The van der Waals surface area contributed by atoms with E-state index in [1.807, 2.05) is 41.8 Å². The molecule has 0 bridgehead atoms. The van der Waals surface area contributed by atoms with Crippen molar-refractivity contribution in [3.63, 3.8) is 0 Å². The van der Waals surface area contributed by atoms with Gasteiger partial charge in [0.05, 0.1) is 4.88 Å². The lowest BCUT2D eigenvalue weighted by Gasteiger charge is -2.03. The summed E-state index contributed by atoms with van der Waals surface area (Å²) in [5.74, 6) is 7.04. The maximum Gasteiger partial charge on any atom is 0.120 e. The Morgan fingerprint density at radius 3 is 2.88 bits per heavy atom. The molecule has 3 heteroatoms. The lowest BCUT2D eigenvalue weighted by atomic mass is 10.2. The summed E-state index contributed by atoms with van der Waals surface area (Å²) in [5, 5.41) is 2.02. The summed E-state index contributed by atoms with van der Waals surface area (Å²) in [6.45, 7) is 1.05.